The highest BCUT2D eigenvalue weighted by molar-refractivity contribution is 9.10. The monoisotopic (exact) mass is 461 g/mol. The van der Waals surface area contributed by atoms with Crippen molar-refractivity contribution in [3.8, 4) is 11.5 Å². The standard InChI is InChI=1S/C24H32BrNO3/c1-4-5-6-7-8-15-28-21-12-10-20(11-13-21)26-24(27)17-29-23-14-9-19(25)16-22(23)18(2)3/h9-14,16,18H,4-8,15,17H2,1-3H3,(H,26,27). The fraction of sp³-hybridized carbons (Fsp3) is 0.458. The lowest BCUT2D eigenvalue weighted by molar-refractivity contribution is -0.118. The largest absolute Gasteiger partial charge is 0.494 e. The van der Waals surface area contributed by atoms with Crippen molar-refractivity contribution in [1.29, 1.82) is 0 Å². The molecule has 4 nitrogen and oxygen atoms in total. The Kier molecular flexibility index (Phi) is 10.1. The molecule has 0 radical (unpaired) electrons. The minimum atomic E-state index is -0.188. The maximum Gasteiger partial charge on any atom is 0.262 e. The highest BCUT2D eigenvalue weighted by Crippen LogP contribution is 2.29. The number of halogens is 1. The van der Waals surface area contributed by atoms with Crippen molar-refractivity contribution in [2.45, 2.75) is 58.8 Å². The van der Waals surface area contributed by atoms with E-state index in [1.165, 1.54) is 25.7 Å². The van der Waals surface area contributed by atoms with Gasteiger partial charge in [-0.2, -0.15) is 0 Å². The first-order valence-electron chi connectivity index (χ1n) is 10.4. The van der Waals surface area contributed by atoms with E-state index in [9.17, 15) is 4.79 Å². The van der Waals surface area contributed by atoms with Crippen molar-refractivity contribution < 1.29 is 14.3 Å². The summed E-state index contributed by atoms with van der Waals surface area (Å²) in [6.07, 6.45) is 6.09. The molecule has 29 heavy (non-hydrogen) atoms. The molecular weight excluding hydrogens is 430 g/mol. The van der Waals surface area contributed by atoms with Crippen molar-refractivity contribution in [2.24, 2.45) is 0 Å². The summed E-state index contributed by atoms with van der Waals surface area (Å²) in [6.45, 7) is 7.12. The molecule has 0 atom stereocenters. The van der Waals surface area contributed by atoms with Gasteiger partial charge < -0.3 is 14.8 Å². The van der Waals surface area contributed by atoms with Gasteiger partial charge in [-0.3, -0.25) is 4.79 Å². The minimum absolute atomic E-state index is 0.0304. The van der Waals surface area contributed by atoms with Crippen LogP contribution >= 0.6 is 15.9 Å². The van der Waals surface area contributed by atoms with Gasteiger partial charge in [0, 0.05) is 10.2 Å². The molecule has 0 aromatic heterocycles. The Hall–Kier alpha value is -2.01. The molecule has 0 saturated heterocycles. The molecule has 2 rings (SSSR count). The quantitative estimate of drug-likeness (QED) is 0.348. The van der Waals surface area contributed by atoms with Gasteiger partial charge >= 0.3 is 0 Å². The lowest BCUT2D eigenvalue weighted by Crippen LogP contribution is -2.20. The van der Waals surface area contributed by atoms with E-state index in [1.54, 1.807) is 0 Å². The maximum absolute atomic E-state index is 12.2. The van der Waals surface area contributed by atoms with Crippen LogP contribution in [0.2, 0.25) is 0 Å². The molecule has 0 spiro atoms. The molecule has 1 amide bonds. The lowest BCUT2D eigenvalue weighted by Gasteiger charge is -2.14. The molecule has 158 valence electrons. The summed E-state index contributed by atoms with van der Waals surface area (Å²) in [7, 11) is 0. The number of nitrogens with one attached hydrogen (secondary N) is 1. The highest BCUT2D eigenvalue weighted by Gasteiger charge is 2.11. The molecule has 0 bridgehead atoms. The van der Waals surface area contributed by atoms with Gasteiger partial charge in [0.2, 0.25) is 0 Å². The number of amides is 1. The number of ether oxygens (including phenoxy) is 2. The molecule has 0 aliphatic carbocycles. The van der Waals surface area contributed by atoms with E-state index in [2.05, 4.69) is 42.0 Å². The van der Waals surface area contributed by atoms with Crippen LogP contribution in [0.25, 0.3) is 0 Å². The topological polar surface area (TPSA) is 47.6 Å². The summed E-state index contributed by atoms with van der Waals surface area (Å²) >= 11 is 3.48. The molecular formula is C24H32BrNO3. The van der Waals surface area contributed by atoms with Crippen LogP contribution in [0, 0.1) is 0 Å². The second kappa shape index (κ2) is 12.5. The highest BCUT2D eigenvalue weighted by atomic mass is 79.9. The third-order valence-electron chi connectivity index (χ3n) is 4.61. The zero-order chi connectivity index (χ0) is 21.1. The van der Waals surface area contributed by atoms with E-state index >= 15 is 0 Å². The molecule has 0 unspecified atom stereocenters. The van der Waals surface area contributed by atoms with Crippen molar-refractivity contribution in [3.05, 3.63) is 52.5 Å². The predicted octanol–water partition coefficient (Wildman–Crippen LogP) is 6.94. The number of hydrogen-bond donors (Lipinski definition) is 1. The molecule has 5 heteroatoms. The summed E-state index contributed by atoms with van der Waals surface area (Å²) in [5.41, 5.74) is 1.80. The van der Waals surface area contributed by atoms with Crippen molar-refractivity contribution in [3.63, 3.8) is 0 Å². The first kappa shape index (κ1) is 23.3. The summed E-state index contributed by atoms with van der Waals surface area (Å²) < 4.78 is 12.5. The smallest absolute Gasteiger partial charge is 0.262 e. The van der Waals surface area contributed by atoms with Gasteiger partial charge in [-0.15, -0.1) is 0 Å². The Bertz CT molecular complexity index is 759. The zero-order valence-electron chi connectivity index (χ0n) is 17.7. The van der Waals surface area contributed by atoms with Crippen LogP contribution < -0.4 is 14.8 Å². The fourth-order valence-corrected chi connectivity index (χ4v) is 3.35. The predicted molar refractivity (Wildman–Crippen MR) is 123 cm³/mol. The van der Waals surface area contributed by atoms with Crippen molar-refractivity contribution >= 4 is 27.5 Å². The maximum atomic E-state index is 12.2. The first-order chi connectivity index (χ1) is 14.0. The Morgan fingerprint density at radius 1 is 1.00 bits per heavy atom. The van der Waals surface area contributed by atoms with Gasteiger partial charge in [-0.25, -0.2) is 0 Å². The molecule has 0 aliphatic heterocycles. The van der Waals surface area contributed by atoms with Crippen LogP contribution in [0.1, 0.15) is 64.4 Å². The summed E-state index contributed by atoms with van der Waals surface area (Å²) in [4.78, 5) is 12.2. The van der Waals surface area contributed by atoms with Gasteiger partial charge in [0.15, 0.2) is 6.61 Å². The van der Waals surface area contributed by atoms with Crippen LogP contribution in [0.3, 0.4) is 0 Å². The zero-order valence-corrected chi connectivity index (χ0v) is 19.3. The summed E-state index contributed by atoms with van der Waals surface area (Å²) in [5, 5.41) is 2.86. The number of unbranched alkanes of at least 4 members (excludes halogenated alkanes) is 4. The van der Waals surface area contributed by atoms with E-state index in [0.717, 1.165) is 40.3 Å². The number of hydrogen-bond acceptors (Lipinski definition) is 3. The first-order valence-corrected chi connectivity index (χ1v) is 11.2. The second-order valence-corrected chi connectivity index (χ2v) is 8.38. The van der Waals surface area contributed by atoms with E-state index in [-0.39, 0.29) is 12.5 Å². The number of carbonyl (C=O) groups excluding carboxylic acids is 1. The number of rotatable bonds is 12. The Labute approximate surface area is 183 Å². The van der Waals surface area contributed by atoms with Crippen LogP contribution in [-0.4, -0.2) is 19.1 Å². The molecule has 0 aliphatic rings. The van der Waals surface area contributed by atoms with Gasteiger partial charge in [0.1, 0.15) is 11.5 Å². The number of benzene rings is 2. The summed E-state index contributed by atoms with van der Waals surface area (Å²) in [5.74, 6) is 1.68. The third kappa shape index (κ3) is 8.48. The van der Waals surface area contributed by atoms with Crippen LogP contribution in [0.4, 0.5) is 5.69 Å². The van der Waals surface area contributed by atoms with Gasteiger partial charge in [-0.05, 0) is 60.4 Å². The van der Waals surface area contributed by atoms with Gasteiger partial charge in [0.25, 0.3) is 5.91 Å². The van der Waals surface area contributed by atoms with Crippen LogP contribution in [0.5, 0.6) is 11.5 Å². The molecule has 0 saturated carbocycles. The van der Waals surface area contributed by atoms with Crippen LogP contribution in [0.15, 0.2) is 46.9 Å². The fourth-order valence-electron chi connectivity index (χ4n) is 2.97. The average Bonchev–Trinajstić information content (AvgIpc) is 2.70. The Morgan fingerprint density at radius 2 is 1.72 bits per heavy atom. The van der Waals surface area contributed by atoms with E-state index in [1.807, 2.05) is 42.5 Å². The number of carbonyl (C=O) groups is 1. The molecule has 2 aromatic rings. The Balaban J connectivity index is 1.77. The lowest BCUT2D eigenvalue weighted by atomic mass is 10.0. The summed E-state index contributed by atoms with van der Waals surface area (Å²) in [6, 6.07) is 13.3. The molecule has 0 heterocycles. The molecule has 0 fully saturated rings. The SMILES string of the molecule is CCCCCCCOc1ccc(NC(=O)COc2ccc(Br)cc2C(C)C)cc1. The van der Waals surface area contributed by atoms with E-state index < -0.39 is 0 Å². The number of anilines is 1. The van der Waals surface area contributed by atoms with Crippen molar-refractivity contribution in [1.82, 2.24) is 0 Å². The molecule has 1 N–H and O–H groups in total. The third-order valence-corrected chi connectivity index (χ3v) is 5.10. The van der Waals surface area contributed by atoms with Gasteiger partial charge in [0.05, 0.1) is 6.61 Å². The molecule has 2 aromatic carbocycles. The van der Waals surface area contributed by atoms with Gasteiger partial charge in [-0.1, -0.05) is 62.4 Å². The normalized spacial score (nSPS) is 10.8. The second-order valence-electron chi connectivity index (χ2n) is 7.46. The van der Waals surface area contributed by atoms with E-state index in [4.69, 9.17) is 9.47 Å². The van der Waals surface area contributed by atoms with E-state index in [0.29, 0.717) is 5.92 Å². The van der Waals surface area contributed by atoms with Crippen LogP contribution in [-0.2, 0) is 4.79 Å². The average molecular weight is 462 g/mol. The van der Waals surface area contributed by atoms with Crippen molar-refractivity contribution in [2.75, 3.05) is 18.5 Å². The Morgan fingerprint density at radius 3 is 2.41 bits per heavy atom. The minimum Gasteiger partial charge on any atom is -0.494 e.